The molecule has 0 aliphatic carbocycles. The second-order valence-corrected chi connectivity index (χ2v) is 5.36. The summed E-state index contributed by atoms with van der Waals surface area (Å²) in [5, 5.41) is 11.0. The first kappa shape index (κ1) is 13.4. The number of benzene rings is 1. The standard InChI is InChI=1S/C13H15ClN4O2/c14-9-3-1-2-8-10(9)17-18-11(8)16-12(19)13(15)4-6-20-7-5-13/h1-3H,4-7,15H2,(H2,16,17,18,19). The molecule has 2 aromatic rings. The SMILES string of the molecule is NC1(C(=O)Nc2n[nH]c3c(Cl)cccc23)CCOCC1. The summed E-state index contributed by atoms with van der Waals surface area (Å²) in [5.41, 5.74) is 5.93. The van der Waals surface area contributed by atoms with Gasteiger partial charge in [-0.3, -0.25) is 9.89 Å². The van der Waals surface area contributed by atoms with Crippen molar-refractivity contribution in [3.63, 3.8) is 0 Å². The van der Waals surface area contributed by atoms with Crippen LogP contribution >= 0.6 is 11.6 Å². The summed E-state index contributed by atoms with van der Waals surface area (Å²) in [5.74, 6) is 0.206. The maximum atomic E-state index is 12.3. The Balaban J connectivity index is 1.86. The van der Waals surface area contributed by atoms with Crippen LogP contribution in [-0.4, -0.2) is 34.9 Å². The van der Waals surface area contributed by atoms with Crippen LogP contribution in [0.25, 0.3) is 10.9 Å². The van der Waals surface area contributed by atoms with E-state index in [0.717, 1.165) is 5.39 Å². The number of ether oxygens (including phenoxy) is 1. The van der Waals surface area contributed by atoms with Gasteiger partial charge in [0.25, 0.3) is 0 Å². The van der Waals surface area contributed by atoms with E-state index in [9.17, 15) is 4.79 Å². The summed E-state index contributed by atoms with van der Waals surface area (Å²) in [4.78, 5) is 12.3. The van der Waals surface area contributed by atoms with Crippen molar-refractivity contribution in [3.05, 3.63) is 23.2 Å². The molecule has 0 spiro atoms. The number of H-pyrrole nitrogens is 1. The Morgan fingerprint density at radius 3 is 2.95 bits per heavy atom. The van der Waals surface area contributed by atoms with Crippen molar-refractivity contribution in [2.24, 2.45) is 5.73 Å². The van der Waals surface area contributed by atoms with E-state index in [1.165, 1.54) is 0 Å². The van der Waals surface area contributed by atoms with Crippen LogP contribution < -0.4 is 11.1 Å². The van der Waals surface area contributed by atoms with Crippen molar-refractivity contribution >= 4 is 34.2 Å². The molecule has 106 valence electrons. The predicted molar refractivity (Wildman–Crippen MR) is 76.7 cm³/mol. The van der Waals surface area contributed by atoms with Gasteiger partial charge in [-0.2, -0.15) is 5.10 Å². The molecule has 1 fully saturated rings. The Morgan fingerprint density at radius 2 is 2.20 bits per heavy atom. The summed E-state index contributed by atoms with van der Waals surface area (Å²) in [6, 6.07) is 5.41. The van der Waals surface area contributed by atoms with Gasteiger partial charge in [0.1, 0.15) is 5.54 Å². The van der Waals surface area contributed by atoms with Crippen LogP contribution in [-0.2, 0) is 9.53 Å². The highest BCUT2D eigenvalue weighted by molar-refractivity contribution is 6.35. The van der Waals surface area contributed by atoms with Gasteiger partial charge >= 0.3 is 0 Å². The first-order valence-corrected chi connectivity index (χ1v) is 6.79. The van der Waals surface area contributed by atoms with Gasteiger partial charge in [0, 0.05) is 18.6 Å². The highest BCUT2D eigenvalue weighted by Gasteiger charge is 2.36. The van der Waals surface area contributed by atoms with Gasteiger partial charge in [-0.25, -0.2) is 0 Å². The maximum absolute atomic E-state index is 12.3. The Labute approximate surface area is 120 Å². The van der Waals surface area contributed by atoms with E-state index in [1.54, 1.807) is 6.07 Å². The number of hydrogen-bond donors (Lipinski definition) is 3. The van der Waals surface area contributed by atoms with E-state index >= 15 is 0 Å². The minimum atomic E-state index is -0.901. The maximum Gasteiger partial charge on any atom is 0.245 e. The molecule has 3 rings (SSSR count). The zero-order valence-corrected chi connectivity index (χ0v) is 11.5. The Morgan fingerprint density at radius 1 is 1.45 bits per heavy atom. The molecular formula is C13H15ClN4O2. The molecule has 0 unspecified atom stereocenters. The lowest BCUT2D eigenvalue weighted by Gasteiger charge is -2.31. The molecule has 2 heterocycles. The van der Waals surface area contributed by atoms with Crippen molar-refractivity contribution in [1.82, 2.24) is 10.2 Å². The Bertz CT molecular complexity index is 649. The van der Waals surface area contributed by atoms with Gasteiger partial charge in [0.2, 0.25) is 5.91 Å². The van der Waals surface area contributed by atoms with Crippen molar-refractivity contribution in [2.45, 2.75) is 18.4 Å². The number of carbonyl (C=O) groups is 1. The molecule has 1 aromatic heterocycles. The number of para-hydroxylation sites is 1. The molecule has 7 heteroatoms. The second kappa shape index (κ2) is 5.05. The molecule has 0 atom stereocenters. The fraction of sp³-hybridized carbons (Fsp3) is 0.385. The lowest BCUT2D eigenvalue weighted by atomic mass is 9.90. The zero-order chi connectivity index (χ0) is 14.2. The van der Waals surface area contributed by atoms with Crippen LogP contribution in [0.2, 0.25) is 5.02 Å². The Kier molecular flexibility index (Phi) is 3.37. The smallest absolute Gasteiger partial charge is 0.245 e. The number of carbonyl (C=O) groups excluding carboxylic acids is 1. The Hall–Kier alpha value is -1.63. The molecule has 0 radical (unpaired) electrons. The lowest BCUT2D eigenvalue weighted by Crippen LogP contribution is -2.54. The van der Waals surface area contributed by atoms with Crippen molar-refractivity contribution < 1.29 is 9.53 Å². The van der Waals surface area contributed by atoms with Crippen molar-refractivity contribution in [1.29, 1.82) is 0 Å². The van der Waals surface area contributed by atoms with Gasteiger partial charge in [-0.05, 0) is 25.0 Å². The van der Waals surface area contributed by atoms with Gasteiger partial charge < -0.3 is 15.8 Å². The number of nitrogens with two attached hydrogens (primary N) is 1. The minimum Gasteiger partial charge on any atom is -0.381 e. The third-order valence-corrected chi connectivity index (χ3v) is 3.93. The van der Waals surface area contributed by atoms with E-state index in [4.69, 9.17) is 22.1 Å². The molecule has 1 aliphatic heterocycles. The minimum absolute atomic E-state index is 0.242. The van der Waals surface area contributed by atoms with Gasteiger partial charge in [-0.1, -0.05) is 17.7 Å². The summed E-state index contributed by atoms with van der Waals surface area (Å²) >= 11 is 6.06. The normalized spacial score (nSPS) is 18.1. The predicted octanol–water partition coefficient (Wildman–Crippen LogP) is 1.66. The largest absolute Gasteiger partial charge is 0.381 e. The fourth-order valence-electron chi connectivity index (χ4n) is 2.30. The van der Waals surface area contributed by atoms with Crippen LogP contribution in [0, 0.1) is 0 Å². The molecule has 1 aromatic carbocycles. The average molecular weight is 295 g/mol. The number of nitrogens with zero attached hydrogens (tertiary/aromatic N) is 1. The van der Waals surface area contributed by atoms with Crippen LogP contribution in [0.4, 0.5) is 5.82 Å². The molecule has 0 saturated carbocycles. The van der Waals surface area contributed by atoms with Gasteiger partial charge in [0.15, 0.2) is 5.82 Å². The van der Waals surface area contributed by atoms with E-state index in [1.807, 2.05) is 12.1 Å². The second-order valence-electron chi connectivity index (χ2n) is 4.96. The van der Waals surface area contributed by atoms with E-state index in [2.05, 4.69) is 15.5 Å². The number of rotatable bonds is 2. The van der Waals surface area contributed by atoms with E-state index < -0.39 is 5.54 Å². The molecule has 1 amide bonds. The fourth-order valence-corrected chi connectivity index (χ4v) is 2.51. The number of anilines is 1. The quantitative estimate of drug-likeness (QED) is 0.785. The van der Waals surface area contributed by atoms with E-state index in [-0.39, 0.29) is 5.91 Å². The van der Waals surface area contributed by atoms with Crippen LogP contribution in [0.15, 0.2) is 18.2 Å². The van der Waals surface area contributed by atoms with Gasteiger partial charge in [0.05, 0.1) is 10.5 Å². The number of halogens is 1. The molecule has 6 nitrogen and oxygen atoms in total. The van der Waals surface area contributed by atoms with Gasteiger partial charge in [-0.15, -0.1) is 0 Å². The number of fused-ring (bicyclic) bond motifs is 1. The summed E-state index contributed by atoms with van der Waals surface area (Å²) < 4.78 is 5.24. The molecule has 0 bridgehead atoms. The van der Waals surface area contributed by atoms with Crippen molar-refractivity contribution in [3.8, 4) is 0 Å². The number of amides is 1. The van der Waals surface area contributed by atoms with E-state index in [0.29, 0.717) is 42.4 Å². The topological polar surface area (TPSA) is 93.0 Å². The highest BCUT2D eigenvalue weighted by atomic mass is 35.5. The van der Waals surface area contributed by atoms with Crippen LogP contribution in [0.5, 0.6) is 0 Å². The lowest BCUT2D eigenvalue weighted by molar-refractivity contribution is -0.124. The van der Waals surface area contributed by atoms with Crippen LogP contribution in [0.1, 0.15) is 12.8 Å². The molecule has 1 saturated heterocycles. The number of aromatic amines is 1. The zero-order valence-electron chi connectivity index (χ0n) is 10.8. The third-order valence-electron chi connectivity index (χ3n) is 3.62. The average Bonchev–Trinajstić information content (AvgIpc) is 2.84. The summed E-state index contributed by atoms with van der Waals surface area (Å²) in [7, 11) is 0. The third kappa shape index (κ3) is 2.26. The molecule has 1 aliphatic rings. The number of hydrogen-bond acceptors (Lipinski definition) is 4. The number of aromatic nitrogens is 2. The summed E-state index contributed by atoms with van der Waals surface area (Å²) in [6.07, 6.45) is 1.00. The first-order chi connectivity index (χ1) is 9.60. The van der Waals surface area contributed by atoms with Crippen LogP contribution in [0.3, 0.4) is 0 Å². The number of nitrogens with one attached hydrogen (secondary N) is 2. The highest BCUT2D eigenvalue weighted by Crippen LogP contribution is 2.27. The first-order valence-electron chi connectivity index (χ1n) is 6.41. The van der Waals surface area contributed by atoms with Crippen molar-refractivity contribution in [2.75, 3.05) is 18.5 Å². The molecular weight excluding hydrogens is 280 g/mol. The molecule has 20 heavy (non-hydrogen) atoms. The molecule has 4 N–H and O–H groups in total. The summed E-state index contributed by atoms with van der Waals surface area (Å²) in [6.45, 7) is 0.994. The monoisotopic (exact) mass is 294 g/mol.